The summed E-state index contributed by atoms with van der Waals surface area (Å²) in [6.45, 7) is 4.84. The van der Waals surface area contributed by atoms with Crippen molar-refractivity contribution in [2.75, 3.05) is 0 Å². The molecule has 0 spiro atoms. The monoisotopic (exact) mass is 593 g/mol. The third kappa shape index (κ3) is 4.14. The van der Waals surface area contributed by atoms with E-state index in [1.165, 1.54) is 71.7 Å². The van der Waals surface area contributed by atoms with E-state index in [1.54, 1.807) is 0 Å². The second kappa shape index (κ2) is 10.6. The van der Waals surface area contributed by atoms with Gasteiger partial charge in [0.25, 0.3) is 0 Å². The van der Waals surface area contributed by atoms with Gasteiger partial charge in [0.05, 0.1) is 16.7 Å². The minimum Gasteiger partial charge on any atom is -0.309 e. The first kappa shape index (κ1) is 27.4. The van der Waals surface area contributed by atoms with E-state index in [4.69, 9.17) is 0 Å². The van der Waals surface area contributed by atoms with Crippen LogP contribution in [0.5, 0.6) is 0 Å². The van der Waals surface area contributed by atoms with Crippen LogP contribution in [0, 0.1) is 11.8 Å². The number of nitrogens with zero attached hydrogens (tertiary/aromatic N) is 1. The zero-order valence-electron chi connectivity index (χ0n) is 26.7. The van der Waals surface area contributed by atoms with Gasteiger partial charge < -0.3 is 4.57 Å². The van der Waals surface area contributed by atoms with Gasteiger partial charge in [0.15, 0.2) is 0 Å². The van der Waals surface area contributed by atoms with Crippen LogP contribution >= 0.6 is 0 Å². The van der Waals surface area contributed by atoms with Gasteiger partial charge in [0.1, 0.15) is 0 Å². The minimum absolute atomic E-state index is 0.0882. The van der Waals surface area contributed by atoms with Crippen molar-refractivity contribution in [2.24, 2.45) is 11.8 Å². The van der Waals surface area contributed by atoms with Crippen molar-refractivity contribution in [3.8, 4) is 16.8 Å². The molecule has 9 rings (SSSR count). The summed E-state index contributed by atoms with van der Waals surface area (Å²) in [5, 5.41) is 5.24. The Labute approximate surface area is 271 Å². The number of benzene rings is 5. The summed E-state index contributed by atoms with van der Waals surface area (Å²) in [5.41, 5.74) is 12.3. The molecule has 3 aliphatic rings. The van der Waals surface area contributed by atoms with Gasteiger partial charge in [-0.2, -0.15) is 0 Å². The van der Waals surface area contributed by atoms with E-state index in [1.807, 2.05) is 0 Å². The van der Waals surface area contributed by atoms with Gasteiger partial charge in [-0.1, -0.05) is 135 Å². The number of fused-ring (bicyclic) bond motifs is 8. The summed E-state index contributed by atoms with van der Waals surface area (Å²) in [6, 6.07) is 36.7. The van der Waals surface area contributed by atoms with E-state index in [0.717, 1.165) is 25.7 Å². The first-order chi connectivity index (χ1) is 22.6. The van der Waals surface area contributed by atoms with Crippen LogP contribution < -0.4 is 0 Å². The zero-order valence-corrected chi connectivity index (χ0v) is 26.7. The number of para-hydroxylation sites is 1. The van der Waals surface area contributed by atoms with E-state index in [0.29, 0.717) is 11.8 Å². The van der Waals surface area contributed by atoms with Crippen LogP contribution in [0.1, 0.15) is 49.8 Å². The van der Waals surface area contributed by atoms with Gasteiger partial charge in [-0.25, -0.2) is 0 Å². The fourth-order valence-electron chi connectivity index (χ4n) is 8.70. The number of hydrogen-bond donors (Lipinski definition) is 0. The van der Waals surface area contributed by atoms with Gasteiger partial charge in [-0.05, 0) is 94.3 Å². The van der Waals surface area contributed by atoms with E-state index in [-0.39, 0.29) is 5.41 Å². The average Bonchev–Trinajstić information content (AvgIpc) is 3.57. The van der Waals surface area contributed by atoms with Gasteiger partial charge in [0, 0.05) is 21.8 Å². The highest BCUT2D eigenvalue weighted by Gasteiger charge is 2.38. The molecule has 0 saturated carbocycles. The Hall–Kier alpha value is -4.88. The molecular formula is C45H39N. The molecule has 1 nitrogen and oxygen atoms in total. The lowest BCUT2D eigenvalue weighted by Crippen LogP contribution is -2.20. The van der Waals surface area contributed by atoms with E-state index >= 15 is 0 Å². The highest BCUT2D eigenvalue weighted by Crippen LogP contribution is 2.52. The Morgan fingerprint density at radius 3 is 2.48 bits per heavy atom. The second-order valence-electron chi connectivity index (χ2n) is 13.9. The van der Waals surface area contributed by atoms with Crippen LogP contribution in [0.3, 0.4) is 0 Å². The summed E-state index contributed by atoms with van der Waals surface area (Å²) in [5.74, 6) is 1.03. The fourth-order valence-corrected chi connectivity index (χ4v) is 8.70. The Bertz CT molecular complexity index is 2300. The van der Waals surface area contributed by atoms with Gasteiger partial charge in [0.2, 0.25) is 0 Å². The van der Waals surface area contributed by atoms with Crippen LogP contribution in [0.2, 0.25) is 0 Å². The molecule has 5 aromatic carbocycles. The molecule has 224 valence electrons. The van der Waals surface area contributed by atoms with Gasteiger partial charge >= 0.3 is 0 Å². The van der Waals surface area contributed by atoms with Crippen molar-refractivity contribution in [2.45, 2.75) is 44.9 Å². The zero-order chi connectivity index (χ0) is 30.8. The van der Waals surface area contributed by atoms with E-state index in [9.17, 15) is 0 Å². The first-order valence-corrected chi connectivity index (χ1v) is 17.0. The Kier molecular flexibility index (Phi) is 6.32. The smallest absolute Gasteiger partial charge is 0.0547 e. The summed E-state index contributed by atoms with van der Waals surface area (Å²) >= 11 is 0. The lowest BCUT2D eigenvalue weighted by Gasteiger charge is -2.28. The molecule has 0 N–H and O–H groups in total. The van der Waals surface area contributed by atoms with Crippen molar-refractivity contribution >= 4 is 32.6 Å². The van der Waals surface area contributed by atoms with Crippen LogP contribution in [0.4, 0.5) is 0 Å². The fraction of sp³-hybridized carbons (Fsp3) is 0.200. The molecule has 3 aliphatic carbocycles. The summed E-state index contributed by atoms with van der Waals surface area (Å²) in [4.78, 5) is 0. The molecule has 0 amide bonds. The molecule has 0 bridgehead atoms. The molecule has 6 aromatic rings. The molecule has 1 aromatic heterocycles. The highest BCUT2D eigenvalue weighted by molar-refractivity contribution is 6.21. The molecule has 0 saturated heterocycles. The van der Waals surface area contributed by atoms with Crippen LogP contribution in [-0.4, -0.2) is 4.57 Å². The molecule has 1 heteroatoms. The van der Waals surface area contributed by atoms with Crippen LogP contribution in [0.25, 0.3) is 49.4 Å². The number of allylic oxidation sites excluding steroid dienone is 8. The summed E-state index contributed by atoms with van der Waals surface area (Å²) in [7, 11) is 0. The standard InChI is InChI=1S/C45H39N/c1-45(2)38-21-13-23-41(46-40-22-12-11-20-36(40)43-34-19-10-9-18-33(34)25-27-42(43)46)44(38)35-26-24-30(29-39(35)45)28-37(31-14-5-3-6-15-31)32-16-7-4-8-17-32/h3,5-7,9-14,16-27,29,31,37H,4,8,15,28H2,1-2H3. The Balaban J connectivity index is 1.21. The largest absolute Gasteiger partial charge is 0.309 e. The van der Waals surface area contributed by atoms with Crippen LogP contribution in [0.15, 0.2) is 145 Å². The molecule has 1 heterocycles. The number of aromatic nitrogens is 1. The van der Waals surface area contributed by atoms with Crippen molar-refractivity contribution in [3.05, 3.63) is 162 Å². The normalized spacial score (nSPS) is 18.7. The summed E-state index contributed by atoms with van der Waals surface area (Å²) in [6.07, 6.45) is 21.0. The predicted octanol–water partition coefficient (Wildman–Crippen LogP) is 11.8. The second-order valence-corrected chi connectivity index (χ2v) is 13.9. The average molecular weight is 594 g/mol. The maximum atomic E-state index is 2.54. The molecule has 46 heavy (non-hydrogen) atoms. The lowest BCUT2D eigenvalue weighted by atomic mass is 9.76. The van der Waals surface area contributed by atoms with Crippen molar-refractivity contribution in [3.63, 3.8) is 0 Å². The Morgan fingerprint density at radius 1 is 0.761 bits per heavy atom. The molecular weight excluding hydrogens is 555 g/mol. The van der Waals surface area contributed by atoms with Crippen LogP contribution in [-0.2, 0) is 11.8 Å². The van der Waals surface area contributed by atoms with E-state index < -0.39 is 0 Å². The van der Waals surface area contributed by atoms with Crippen molar-refractivity contribution in [1.82, 2.24) is 4.57 Å². The van der Waals surface area contributed by atoms with Crippen molar-refractivity contribution < 1.29 is 0 Å². The topological polar surface area (TPSA) is 4.93 Å². The predicted molar refractivity (Wildman–Crippen MR) is 196 cm³/mol. The maximum Gasteiger partial charge on any atom is 0.0547 e. The third-order valence-corrected chi connectivity index (χ3v) is 11.0. The maximum absolute atomic E-state index is 2.54. The summed E-state index contributed by atoms with van der Waals surface area (Å²) < 4.78 is 2.52. The minimum atomic E-state index is -0.0882. The highest BCUT2D eigenvalue weighted by atomic mass is 15.0. The molecule has 0 radical (unpaired) electrons. The molecule has 2 unspecified atom stereocenters. The molecule has 0 fully saturated rings. The molecule has 0 aliphatic heterocycles. The van der Waals surface area contributed by atoms with Gasteiger partial charge in [-0.3, -0.25) is 0 Å². The first-order valence-electron chi connectivity index (χ1n) is 17.0. The third-order valence-electron chi connectivity index (χ3n) is 11.0. The SMILES string of the molecule is CC1(C)c2cc(CC(C3=CCCC=C3)C3C=CC=CC3)ccc2-c2c(-n3c4ccccc4c4c5ccccc5ccc43)cccc21. The molecule has 2 atom stereocenters. The number of rotatable bonds is 5. The Morgan fingerprint density at radius 2 is 1.63 bits per heavy atom. The lowest BCUT2D eigenvalue weighted by molar-refractivity contribution is 0.455. The van der Waals surface area contributed by atoms with E-state index in [2.05, 4.69) is 158 Å². The van der Waals surface area contributed by atoms with Crippen molar-refractivity contribution in [1.29, 1.82) is 0 Å². The number of hydrogen-bond acceptors (Lipinski definition) is 0. The van der Waals surface area contributed by atoms with Gasteiger partial charge in [-0.15, -0.1) is 0 Å². The quantitative estimate of drug-likeness (QED) is 0.187.